The van der Waals surface area contributed by atoms with E-state index in [1.165, 1.54) is 0 Å². The van der Waals surface area contributed by atoms with Crippen LogP contribution in [0.25, 0.3) is 10.9 Å². The standard InChI is InChI=1S/C12H14BrN3O/c1-17-12-11-8(13)4-2-5-9(11)15-10(16-12)6-3-7-14/h2,4-5H,3,6-7,14H2,1H3. The van der Waals surface area contributed by atoms with Crippen molar-refractivity contribution in [2.24, 2.45) is 5.73 Å². The molecule has 0 saturated carbocycles. The minimum absolute atomic E-state index is 0.606. The van der Waals surface area contributed by atoms with Crippen molar-refractivity contribution in [1.82, 2.24) is 9.97 Å². The Balaban J connectivity index is 2.54. The zero-order valence-electron chi connectivity index (χ0n) is 9.61. The van der Waals surface area contributed by atoms with Crippen molar-refractivity contribution in [2.45, 2.75) is 12.8 Å². The normalized spacial score (nSPS) is 10.8. The minimum atomic E-state index is 0.606. The zero-order valence-corrected chi connectivity index (χ0v) is 11.2. The van der Waals surface area contributed by atoms with Gasteiger partial charge in [-0.1, -0.05) is 6.07 Å². The van der Waals surface area contributed by atoms with Gasteiger partial charge >= 0.3 is 0 Å². The Labute approximate surface area is 108 Å². The summed E-state index contributed by atoms with van der Waals surface area (Å²) in [7, 11) is 1.62. The first-order valence-corrected chi connectivity index (χ1v) is 6.24. The van der Waals surface area contributed by atoms with E-state index in [0.29, 0.717) is 12.4 Å². The first-order chi connectivity index (χ1) is 8.26. The van der Waals surface area contributed by atoms with Crippen LogP contribution in [0.15, 0.2) is 22.7 Å². The maximum atomic E-state index is 5.49. The summed E-state index contributed by atoms with van der Waals surface area (Å²) in [5, 5.41) is 0.909. The van der Waals surface area contributed by atoms with Crippen LogP contribution in [0.1, 0.15) is 12.2 Å². The van der Waals surface area contributed by atoms with Crippen molar-refractivity contribution < 1.29 is 4.74 Å². The quantitative estimate of drug-likeness (QED) is 0.940. The summed E-state index contributed by atoms with van der Waals surface area (Å²) in [5.74, 6) is 1.38. The fraction of sp³-hybridized carbons (Fsp3) is 0.333. The van der Waals surface area contributed by atoms with E-state index in [2.05, 4.69) is 25.9 Å². The Morgan fingerprint density at radius 1 is 1.35 bits per heavy atom. The molecule has 1 heterocycles. The SMILES string of the molecule is COc1nc(CCCN)nc2cccc(Br)c12. The van der Waals surface area contributed by atoms with Gasteiger partial charge in [0, 0.05) is 10.9 Å². The molecule has 0 unspecified atom stereocenters. The predicted octanol–water partition coefficient (Wildman–Crippen LogP) is 2.29. The van der Waals surface area contributed by atoms with Gasteiger partial charge in [0.1, 0.15) is 5.82 Å². The van der Waals surface area contributed by atoms with E-state index >= 15 is 0 Å². The third-order valence-electron chi connectivity index (χ3n) is 2.48. The molecule has 1 aromatic carbocycles. The molecule has 0 aliphatic rings. The van der Waals surface area contributed by atoms with E-state index in [9.17, 15) is 0 Å². The third-order valence-corrected chi connectivity index (χ3v) is 3.14. The lowest BCUT2D eigenvalue weighted by Gasteiger charge is -2.08. The van der Waals surface area contributed by atoms with Crippen LogP contribution >= 0.6 is 15.9 Å². The summed E-state index contributed by atoms with van der Waals surface area (Å²) in [6, 6.07) is 5.86. The number of nitrogens with zero attached hydrogens (tertiary/aromatic N) is 2. The summed E-state index contributed by atoms with van der Waals surface area (Å²) < 4.78 is 6.26. The number of rotatable bonds is 4. The van der Waals surface area contributed by atoms with Crippen molar-refractivity contribution in [3.8, 4) is 5.88 Å². The first kappa shape index (κ1) is 12.3. The van der Waals surface area contributed by atoms with Gasteiger partial charge < -0.3 is 10.5 Å². The van der Waals surface area contributed by atoms with Gasteiger partial charge in [-0.3, -0.25) is 0 Å². The fourth-order valence-electron chi connectivity index (χ4n) is 1.67. The Kier molecular flexibility index (Phi) is 3.91. The number of hydrogen-bond donors (Lipinski definition) is 1. The molecule has 0 amide bonds. The number of fused-ring (bicyclic) bond motifs is 1. The molecule has 0 aliphatic heterocycles. The highest BCUT2D eigenvalue weighted by molar-refractivity contribution is 9.10. The molecule has 90 valence electrons. The molecule has 0 radical (unpaired) electrons. The average molecular weight is 296 g/mol. The molecule has 0 fully saturated rings. The van der Waals surface area contributed by atoms with E-state index < -0.39 is 0 Å². The van der Waals surface area contributed by atoms with Crippen LogP contribution in [-0.4, -0.2) is 23.6 Å². The Morgan fingerprint density at radius 2 is 2.18 bits per heavy atom. The molecule has 2 aromatic rings. The molecule has 0 spiro atoms. The number of halogens is 1. The van der Waals surface area contributed by atoms with Gasteiger partial charge in [-0.2, -0.15) is 4.98 Å². The number of benzene rings is 1. The number of nitrogens with two attached hydrogens (primary N) is 1. The zero-order chi connectivity index (χ0) is 12.3. The maximum Gasteiger partial charge on any atom is 0.225 e. The molecule has 5 heteroatoms. The van der Waals surface area contributed by atoms with Gasteiger partial charge in [0.2, 0.25) is 5.88 Å². The topological polar surface area (TPSA) is 61.0 Å². The van der Waals surface area contributed by atoms with Crippen molar-refractivity contribution in [3.05, 3.63) is 28.5 Å². The number of hydrogen-bond acceptors (Lipinski definition) is 4. The van der Waals surface area contributed by atoms with Gasteiger partial charge in [0.15, 0.2) is 0 Å². The van der Waals surface area contributed by atoms with Gasteiger partial charge in [0.25, 0.3) is 0 Å². The minimum Gasteiger partial charge on any atom is -0.480 e. The highest BCUT2D eigenvalue weighted by Gasteiger charge is 2.10. The molecule has 4 nitrogen and oxygen atoms in total. The van der Waals surface area contributed by atoms with Gasteiger partial charge in [-0.15, -0.1) is 0 Å². The van der Waals surface area contributed by atoms with Gasteiger partial charge in [-0.05, 0) is 41.0 Å². The lowest BCUT2D eigenvalue weighted by molar-refractivity contribution is 0.400. The maximum absolute atomic E-state index is 5.49. The third kappa shape index (κ3) is 2.56. The molecule has 17 heavy (non-hydrogen) atoms. The van der Waals surface area contributed by atoms with Gasteiger partial charge in [0.05, 0.1) is 18.0 Å². The number of aryl methyl sites for hydroxylation is 1. The van der Waals surface area contributed by atoms with E-state index in [0.717, 1.165) is 34.0 Å². The highest BCUT2D eigenvalue weighted by atomic mass is 79.9. The summed E-state index contributed by atoms with van der Waals surface area (Å²) in [4.78, 5) is 8.90. The van der Waals surface area contributed by atoms with Crippen LogP contribution in [0.5, 0.6) is 5.88 Å². The van der Waals surface area contributed by atoms with Crippen LogP contribution < -0.4 is 10.5 Å². The van der Waals surface area contributed by atoms with Crippen molar-refractivity contribution >= 4 is 26.8 Å². The molecular weight excluding hydrogens is 282 g/mol. The fourth-order valence-corrected chi connectivity index (χ4v) is 2.20. The molecule has 0 saturated heterocycles. The van der Waals surface area contributed by atoms with Crippen LogP contribution in [-0.2, 0) is 6.42 Å². The molecule has 0 aliphatic carbocycles. The summed E-state index contributed by atoms with van der Waals surface area (Å²) in [5.41, 5.74) is 6.38. The van der Waals surface area contributed by atoms with Gasteiger partial charge in [-0.25, -0.2) is 4.98 Å². The van der Waals surface area contributed by atoms with Crippen LogP contribution in [0.3, 0.4) is 0 Å². The van der Waals surface area contributed by atoms with Crippen LogP contribution in [0, 0.1) is 0 Å². The van der Waals surface area contributed by atoms with Crippen LogP contribution in [0.2, 0.25) is 0 Å². The molecular formula is C12H14BrN3O. The summed E-state index contributed by atoms with van der Waals surface area (Å²) >= 11 is 3.49. The smallest absolute Gasteiger partial charge is 0.225 e. The number of aromatic nitrogens is 2. The molecule has 0 bridgehead atoms. The highest BCUT2D eigenvalue weighted by Crippen LogP contribution is 2.29. The second-order valence-electron chi connectivity index (χ2n) is 3.68. The predicted molar refractivity (Wildman–Crippen MR) is 71.2 cm³/mol. The lowest BCUT2D eigenvalue weighted by Crippen LogP contribution is -2.04. The second kappa shape index (κ2) is 5.42. The van der Waals surface area contributed by atoms with Crippen molar-refractivity contribution in [1.29, 1.82) is 0 Å². The molecule has 1 aromatic heterocycles. The molecule has 0 atom stereocenters. The van der Waals surface area contributed by atoms with E-state index in [1.807, 2.05) is 18.2 Å². The van der Waals surface area contributed by atoms with Crippen molar-refractivity contribution in [2.75, 3.05) is 13.7 Å². The Bertz CT molecular complexity index is 530. The van der Waals surface area contributed by atoms with Crippen molar-refractivity contribution in [3.63, 3.8) is 0 Å². The van der Waals surface area contributed by atoms with E-state index in [1.54, 1.807) is 7.11 Å². The molecule has 2 N–H and O–H groups in total. The second-order valence-corrected chi connectivity index (χ2v) is 4.53. The van der Waals surface area contributed by atoms with Crippen LogP contribution in [0.4, 0.5) is 0 Å². The Morgan fingerprint density at radius 3 is 2.88 bits per heavy atom. The first-order valence-electron chi connectivity index (χ1n) is 5.45. The number of ether oxygens (including phenoxy) is 1. The lowest BCUT2D eigenvalue weighted by atomic mass is 10.2. The number of methoxy groups -OCH3 is 1. The average Bonchev–Trinajstić information content (AvgIpc) is 2.35. The largest absolute Gasteiger partial charge is 0.480 e. The Hall–Kier alpha value is -1.20. The summed E-state index contributed by atoms with van der Waals surface area (Å²) in [6.07, 6.45) is 1.65. The monoisotopic (exact) mass is 295 g/mol. The van der Waals surface area contributed by atoms with E-state index in [-0.39, 0.29) is 0 Å². The summed E-state index contributed by atoms with van der Waals surface area (Å²) in [6.45, 7) is 0.641. The molecule has 2 rings (SSSR count). The van der Waals surface area contributed by atoms with E-state index in [4.69, 9.17) is 10.5 Å².